The summed E-state index contributed by atoms with van der Waals surface area (Å²) in [6, 6.07) is 15.5. The van der Waals surface area contributed by atoms with E-state index in [1.54, 1.807) is 19.9 Å². The van der Waals surface area contributed by atoms with Crippen molar-refractivity contribution in [3.05, 3.63) is 82.4 Å². The van der Waals surface area contributed by atoms with Gasteiger partial charge in [0.1, 0.15) is 24.0 Å². The molecule has 2 unspecified atom stereocenters. The van der Waals surface area contributed by atoms with Gasteiger partial charge in [-0.3, -0.25) is 4.99 Å². The first kappa shape index (κ1) is 33.8. The number of aliphatic imine (C=N–C) groups is 1. The van der Waals surface area contributed by atoms with E-state index in [1.807, 2.05) is 69.3 Å². The summed E-state index contributed by atoms with van der Waals surface area (Å²) in [5.41, 5.74) is 15.6. The number of fused-ring (bicyclic) bond motifs is 4. The first-order valence-electron chi connectivity index (χ1n) is 15.6. The monoisotopic (exact) mass is 662 g/mol. The third-order valence-corrected chi connectivity index (χ3v) is 11.0. The largest absolute Gasteiger partial charge is 0.487 e. The molecule has 3 aromatic carbocycles. The van der Waals surface area contributed by atoms with Crippen molar-refractivity contribution >= 4 is 28.0 Å². The predicted molar refractivity (Wildman–Crippen MR) is 179 cm³/mol. The number of benzene rings is 3. The Morgan fingerprint density at radius 2 is 1.68 bits per heavy atom. The average Bonchev–Trinajstić information content (AvgIpc) is 3.31. The molecule has 0 spiro atoms. The van der Waals surface area contributed by atoms with Crippen molar-refractivity contribution in [1.29, 1.82) is 0 Å². The molecule has 0 bridgehead atoms. The summed E-state index contributed by atoms with van der Waals surface area (Å²) in [4.78, 5) is 30.7. The number of nitrogens with two attached hydrogens (primary N) is 2. The second kappa shape index (κ2) is 12.9. The van der Waals surface area contributed by atoms with Crippen molar-refractivity contribution in [2.45, 2.75) is 82.3 Å². The van der Waals surface area contributed by atoms with E-state index in [0.29, 0.717) is 33.2 Å². The molecule has 0 aromatic heterocycles. The Morgan fingerprint density at radius 3 is 2.26 bits per heavy atom. The van der Waals surface area contributed by atoms with Gasteiger partial charge in [-0.15, -0.1) is 0 Å². The summed E-state index contributed by atoms with van der Waals surface area (Å²) in [7, 11) is -4.82. The third kappa shape index (κ3) is 6.51. The average molecular weight is 663 g/mol. The molecule has 3 aromatic rings. The zero-order valence-corrected chi connectivity index (χ0v) is 28.1. The number of hydrogen-bond acceptors (Lipinski definition) is 7. The van der Waals surface area contributed by atoms with Gasteiger partial charge in [0, 0.05) is 18.0 Å². The van der Waals surface area contributed by atoms with Gasteiger partial charge >= 0.3 is 12.1 Å². The third-order valence-electron chi connectivity index (χ3n) is 9.00. The number of carboxylic acids is 1. The van der Waals surface area contributed by atoms with E-state index < -0.39 is 33.7 Å². The number of sulfonamides is 1. The number of carbonyl (C=O) groups is 2. The van der Waals surface area contributed by atoms with Crippen LogP contribution in [-0.2, 0) is 19.6 Å². The Balaban J connectivity index is 1.58. The zero-order chi connectivity index (χ0) is 34.3. The minimum atomic E-state index is -4.82. The van der Waals surface area contributed by atoms with Gasteiger partial charge in [0.2, 0.25) is 0 Å². The Morgan fingerprint density at radius 1 is 1.09 bits per heavy atom. The van der Waals surface area contributed by atoms with Crippen LogP contribution in [0.15, 0.2) is 64.5 Å². The van der Waals surface area contributed by atoms with Gasteiger partial charge in [0.05, 0.1) is 4.90 Å². The summed E-state index contributed by atoms with van der Waals surface area (Å²) in [6.07, 6.45) is -0.922. The maximum absolute atomic E-state index is 14.8. The van der Waals surface area contributed by atoms with Crippen LogP contribution in [0.3, 0.4) is 0 Å². The maximum atomic E-state index is 14.8. The summed E-state index contributed by atoms with van der Waals surface area (Å²) >= 11 is 0. The molecule has 11 nitrogen and oxygen atoms in total. The molecule has 1 aliphatic heterocycles. The Kier molecular flexibility index (Phi) is 9.27. The van der Waals surface area contributed by atoms with E-state index in [9.17, 15) is 23.1 Å². The van der Waals surface area contributed by atoms with Crippen molar-refractivity contribution in [2.75, 3.05) is 13.2 Å². The lowest BCUT2D eigenvalue weighted by molar-refractivity contribution is -0.141. The molecule has 1 amide bonds. The van der Waals surface area contributed by atoms with Crippen LogP contribution in [0.4, 0.5) is 4.79 Å². The van der Waals surface area contributed by atoms with Crippen LogP contribution < -0.4 is 16.2 Å². The number of hydrogen-bond donors (Lipinski definition) is 3. The number of carbonyl (C=O) groups excluding carboxylic acids is 1. The molecule has 47 heavy (non-hydrogen) atoms. The lowest BCUT2D eigenvalue weighted by Gasteiger charge is -2.39. The molecule has 0 saturated heterocycles. The van der Waals surface area contributed by atoms with Gasteiger partial charge < -0.3 is 26.0 Å². The highest BCUT2D eigenvalue weighted by atomic mass is 32.2. The second-order valence-electron chi connectivity index (χ2n) is 12.9. The number of rotatable bonds is 10. The number of nitrogens with zero attached hydrogens (tertiary/aromatic N) is 2. The lowest BCUT2D eigenvalue weighted by Crippen LogP contribution is -2.49. The van der Waals surface area contributed by atoms with Crippen LogP contribution in [-0.4, -0.2) is 60.6 Å². The molecule has 0 radical (unpaired) electrons. The zero-order valence-electron chi connectivity index (χ0n) is 27.3. The van der Waals surface area contributed by atoms with Crippen LogP contribution in [0.5, 0.6) is 5.75 Å². The highest BCUT2D eigenvalue weighted by Crippen LogP contribution is 2.47. The molecule has 2 aliphatic rings. The van der Waals surface area contributed by atoms with Crippen LogP contribution in [0.1, 0.15) is 79.7 Å². The summed E-state index contributed by atoms with van der Waals surface area (Å²) in [6.45, 7) is 9.01. The van der Waals surface area contributed by atoms with Crippen LogP contribution in [0.25, 0.3) is 11.1 Å². The molecule has 250 valence electrons. The van der Waals surface area contributed by atoms with Crippen molar-refractivity contribution in [1.82, 2.24) is 4.31 Å². The molecule has 5 N–H and O–H groups in total. The molecule has 1 heterocycles. The number of amides is 1. The maximum Gasteiger partial charge on any atom is 0.424 e. The van der Waals surface area contributed by atoms with Gasteiger partial charge in [-0.2, -0.15) is 4.31 Å². The quantitative estimate of drug-likeness (QED) is 0.146. The van der Waals surface area contributed by atoms with Gasteiger partial charge in [0.25, 0.3) is 10.0 Å². The van der Waals surface area contributed by atoms with E-state index in [2.05, 4.69) is 4.99 Å². The van der Waals surface area contributed by atoms with Gasteiger partial charge in [0.15, 0.2) is 5.96 Å². The highest BCUT2D eigenvalue weighted by Gasteiger charge is 2.46. The fraction of sp³-hybridized carbons (Fsp3) is 0.400. The molecule has 0 fully saturated rings. The molecule has 0 saturated carbocycles. The molecule has 12 heteroatoms. The number of carboxylic acid groups (broad SMARTS) is 1. The highest BCUT2D eigenvalue weighted by molar-refractivity contribution is 7.89. The standard InChI is InChI=1S/C35H42N4O7S/c1-20-17-29-30(21(2)18-35(4,5)46-29)31(22(20)3)47(43,44)39(28(32(40)41)15-10-16-38-33(36)37)34(42)45-19-27-25-13-8-6-11-23(25)24-12-7-9-14-26(24)27/h6-9,11-14,17,21,27-28H,10,15-16,18-19H2,1-5H3,(H,40,41)(H4,36,37,38). The Bertz CT molecular complexity index is 1800. The van der Waals surface area contributed by atoms with E-state index >= 15 is 0 Å². The molecule has 2 atom stereocenters. The minimum absolute atomic E-state index is 0.0452. The van der Waals surface area contributed by atoms with Gasteiger partial charge in [-0.25, -0.2) is 18.0 Å². The van der Waals surface area contributed by atoms with Crippen LogP contribution in [0, 0.1) is 13.8 Å². The normalized spacial score (nSPS) is 17.0. The van der Waals surface area contributed by atoms with Crippen LogP contribution in [0.2, 0.25) is 0 Å². The second-order valence-corrected chi connectivity index (χ2v) is 14.7. The van der Waals surface area contributed by atoms with Gasteiger partial charge in [-0.1, -0.05) is 55.5 Å². The lowest BCUT2D eigenvalue weighted by atomic mass is 9.84. The summed E-state index contributed by atoms with van der Waals surface area (Å²) < 4.78 is 42.1. The number of aryl methyl sites for hydroxylation is 1. The van der Waals surface area contributed by atoms with E-state index in [-0.39, 0.29) is 48.7 Å². The molecular formula is C35H42N4O7S. The van der Waals surface area contributed by atoms with Crippen LogP contribution >= 0.6 is 0 Å². The summed E-state index contributed by atoms with van der Waals surface area (Å²) in [5.74, 6) is -1.94. The Hall–Kier alpha value is -4.58. The van der Waals surface area contributed by atoms with E-state index in [1.165, 1.54) is 0 Å². The van der Waals surface area contributed by atoms with Gasteiger partial charge in [-0.05, 0) is 92.3 Å². The topological polar surface area (TPSA) is 175 Å². The van der Waals surface area contributed by atoms with Crippen molar-refractivity contribution < 1.29 is 32.6 Å². The van der Waals surface area contributed by atoms with E-state index in [4.69, 9.17) is 20.9 Å². The fourth-order valence-corrected chi connectivity index (χ4v) is 9.02. The van der Waals surface area contributed by atoms with E-state index in [0.717, 1.165) is 22.3 Å². The van der Waals surface area contributed by atoms with Crippen molar-refractivity contribution in [3.8, 4) is 16.9 Å². The smallest absolute Gasteiger partial charge is 0.424 e. The first-order chi connectivity index (χ1) is 22.1. The molecular weight excluding hydrogens is 620 g/mol. The fourth-order valence-electron chi connectivity index (χ4n) is 6.92. The predicted octanol–water partition coefficient (Wildman–Crippen LogP) is 5.41. The number of ether oxygens (including phenoxy) is 2. The summed E-state index contributed by atoms with van der Waals surface area (Å²) in [5, 5.41) is 10.4. The van der Waals surface area contributed by atoms with Crippen molar-refractivity contribution in [3.63, 3.8) is 0 Å². The minimum Gasteiger partial charge on any atom is -0.487 e. The Labute approximate surface area is 275 Å². The first-order valence-corrected chi connectivity index (χ1v) is 17.1. The molecule has 1 aliphatic carbocycles. The number of guanidine groups is 1. The SMILES string of the molecule is Cc1cc2c(c(S(=O)(=O)N(C(=O)OCC3c4ccccc4-c4ccccc43)C(CCCN=C(N)N)C(=O)O)c1C)C(C)CC(C)(C)O2. The number of aliphatic carboxylic acids is 1. The molecule has 5 rings (SSSR count). The van der Waals surface area contributed by atoms with Crippen molar-refractivity contribution in [2.24, 2.45) is 16.5 Å².